The average Bonchev–Trinajstić information content (AvgIpc) is 3.13. The molecule has 3 aromatic rings. The summed E-state index contributed by atoms with van der Waals surface area (Å²) >= 11 is 2.88. The maximum atomic E-state index is 13.6. The molecule has 0 amide bonds. The Morgan fingerprint density at radius 2 is 2.07 bits per heavy atom. The molecule has 0 bridgehead atoms. The van der Waals surface area contributed by atoms with Crippen LogP contribution in [0.2, 0.25) is 0 Å². The normalized spacial score (nSPS) is 14.1. The third-order valence-corrected chi connectivity index (χ3v) is 7.32. The molecule has 8 heteroatoms. The number of benzene rings is 1. The van der Waals surface area contributed by atoms with E-state index in [0.717, 1.165) is 47.4 Å². The molecule has 0 saturated heterocycles. The molecule has 2 aromatic heterocycles. The molecule has 0 saturated carbocycles. The summed E-state index contributed by atoms with van der Waals surface area (Å²) in [5.74, 6) is -0.165. The molecule has 1 aliphatic rings. The molecule has 30 heavy (non-hydrogen) atoms. The highest BCUT2D eigenvalue weighted by Gasteiger charge is 2.25. The fraction of sp³-hybridized carbons (Fsp3) is 0.409. The van der Waals surface area contributed by atoms with Gasteiger partial charge in [-0.1, -0.05) is 49.0 Å². The van der Waals surface area contributed by atoms with Crippen molar-refractivity contribution in [3.05, 3.63) is 56.7 Å². The van der Waals surface area contributed by atoms with Crippen LogP contribution in [-0.4, -0.2) is 45.9 Å². The van der Waals surface area contributed by atoms with Gasteiger partial charge in [0.1, 0.15) is 4.83 Å². The lowest BCUT2D eigenvalue weighted by Crippen LogP contribution is -2.30. The van der Waals surface area contributed by atoms with E-state index in [2.05, 4.69) is 11.8 Å². The second kappa shape index (κ2) is 9.32. The van der Waals surface area contributed by atoms with Gasteiger partial charge < -0.3 is 4.74 Å². The van der Waals surface area contributed by atoms with Gasteiger partial charge in [0.25, 0.3) is 5.56 Å². The van der Waals surface area contributed by atoms with Gasteiger partial charge in [0.05, 0.1) is 24.3 Å². The Bertz CT molecular complexity index is 1110. The van der Waals surface area contributed by atoms with Crippen molar-refractivity contribution in [2.75, 3.05) is 25.4 Å². The van der Waals surface area contributed by atoms with Gasteiger partial charge in [-0.3, -0.25) is 19.1 Å². The SMILES string of the molecule is CCOC(=O)CSc1nc2sc3c(c2c(=O)n1Cc1ccccc1)CCN(CC)C3. The summed E-state index contributed by atoms with van der Waals surface area (Å²) in [6, 6.07) is 9.88. The van der Waals surface area contributed by atoms with Gasteiger partial charge in [-0.25, -0.2) is 4.98 Å². The van der Waals surface area contributed by atoms with E-state index in [4.69, 9.17) is 9.72 Å². The Balaban J connectivity index is 1.78. The minimum atomic E-state index is -0.299. The summed E-state index contributed by atoms with van der Waals surface area (Å²) < 4.78 is 6.76. The van der Waals surface area contributed by atoms with Crippen LogP contribution in [-0.2, 0) is 29.0 Å². The number of carbonyl (C=O) groups is 1. The molecular weight excluding hydrogens is 418 g/mol. The zero-order valence-electron chi connectivity index (χ0n) is 17.2. The Morgan fingerprint density at radius 3 is 2.80 bits per heavy atom. The van der Waals surface area contributed by atoms with Crippen molar-refractivity contribution in [2.45, 2.75) is 38.5 Å². The summed E-state index contributed by atoms with van der Waals surface area (Å²) in [6.07, 6.45) is 0.876. The fourth-order valence-electron chi connectivity index (χ4n) is 3.72. The summed E-state index contributed by atoms with van der Waals surface area (Å²) in [5.41, 5.74) is 2.17. The van der Waals surface area contributed by atoms with Crippen molar-refractivity contribution in [2.24, 2.45) is 0 Å². The first-order chi connectivity index (χ1) is 14.6. The van der Waals surface area contributed by atoms with E-state index in [1.54, 1.807) is 22.8 Å². The van der Waals surface area contributed by atoms with Gasteiger partial charge in [0.15, 0.2) is 5.16 Å². The zero-order valence-corrected chi connectivity index (χ0v) is 18.9. The number of nitrogens with zero attached hydrogens (tertiary/aromatic N) is 3. The molecular formula is C22H25N3O3S2. The topological polar surface area (TPSA) is 64.4 Å². The van der Waals surface area contributed by atoms with Crippen LogP contribution in [0.5, 0.6) is 0 Å². The minimum absolute atomic E-state index is 0.0161. The Labute approximate surface area is 183 Å². The van der Waals surface area contributed by atoms with E-state index in [0.29, 0.717) is 18.3 Å². The standard InChI is InChI=1S/C22H25N3O3S2/c1-3-24-11-10-16-17(13-24)30-20-19(16)21(27)25(12-15-8-6-5-7-9-15)22(23-20)29-14-18(26)28-4-2/h5-9H,3-4,10-14H2,1-2H3. The highest BCUT2D eigenvalue weighted by atomic mass is 32.2. The first kappa shape index (κ1) is 21.1. The lowest BCUT2D eigenvalue weighted by molar-refractivity contribution is -0.139. The number of thiophene rings is 1. The number of aromatic nitrogens is 2. The largest absolute Gasteiger partial charge is 0.465 e. The number of rotatable bonds is 7. The third kappa shape index (κ3) is 4.31. The van der Waals surface area contributed by atoms with Crippen LogP contribution in [0, 0.1) is 0 Å². The van der Waals surface area contributed by atoms with Crippen LogP contribution in [0.15, 0.2) is 40.3 Å². The number of ether oxygens (including phenoxy) is 1. The Kier molecular flexibility index (Phi) is 6.55. The van der Waals surface area contributed by atoms with Crippen molar-refractivity contribution in [1.29, 1.82) is 0 Å². The number of carbonyl (C=O) groups excluding carboxylic acids is 1. The van der Waals surface area contributed by atoms with Crippen molar-refractivity contribution in [3.8, 4) is 0 Å². The summed E-state index contributed by atoms with van der Waals surface area (Å²) in [4.78, 5) is 34.7. The third-order valence-electron chi connectivity index (χ3n) is 5.26. The highest BCUT2D eigenvalue weighted by Crippen LogP contribution is 2.33. The minimum Gasteiger partial charge on any atom is -0.465 e. The molecule has 0 atom stereocenters. The van der Waals surface area contributed by atoms with Gasteiger partial charge in [0, 0.05) is 18.0 Å². The molecule has 0 aliphatic carbocycles. The smallest absolute Gasteiger partial charge is 0.316 e. The monoisotopic (exact) mass is 443 g/mol. The van der Waals surface area contributed by atoms with Gasteiger partial charge in [-0.15, -0.1) is 11.3 Å². The van der Waals surface area contributed by atoms with Crippen molar-refractivity contribution in [3.63, 3.8) is 0 Å². The van der Waals surface area contributed by atoms with E-state index < -0.39 is 0 Å². The van der Waals surface area contributed by atoms with Crippen LogP contribution in [0.4, 0.5) is 0 Å². The quantitative estimate of drug-likeness (QED) is 0.316. The molecule has 1 aliphatic heterocycles. The second-order valence-electron chi connectivity index (χ2n) is 7.17. The van der Waals surface area contributed by atoms with E-state index in [-0.39, 0.29) is 17.3 Å². The molecule has 0 spiro atoms. The summed E-state index contributed by atoms with van der Waals surface area (Å²) in [5, 5.41) is 1.32. The Hall–Kier alpha value is -2.16. The van der Waals surface area contributed by atoms with E-state index in [1.165, 1.54) is 16.6 Å². The summed E-state index contributed by atoms with van der Waals surface area (Å²) in [7, 11) is 0. The van der Waals surface area contributed by atoms with Crippen LogP contribution in [0.25, 0.3) is 10.2 Å². The predicted molar refractivity (Wildman–Crippen MR) is 121 cm³/mol. The van der Waals surface area contributed by atoms with Gasteiger partial charge >= 0.3 is 5.97 Å². The van der Waals surface area contributed by atoms with Crippen molar-refractivity contribution >= 4 is 39.3 Å². The van der Waals surface area contributed by atoms with Crippen LogP contribution < -0.4 is 5.56 Å². The van der Waals surface area contributed by atoms with Gasteiger partial charge in [-0.05, 0) is 31.0 Å². The van der Waals surface area contributed by atoms with E-state index in [1.807, 2.05) is 30.3 Å². The number of thioether (sulfide) groups is 1. The second-order valence-corrected chi connectivity index (χ2v) is 9.19. The molecule has 3 heterocycles. The molecule has 0 N–H and O–H groups in total. The van der Waals surface area contributed by atoms with Gasteiger partial charge in [0.2, 0.25) is 0 Å². The molecule has 1 aromatic carbocycles. The zero-order chi connectivity index (χ0) is 21.1. The summed E-state index contributed by atoms with van der Waals surface area (Å²) in [6.45, 7) is 7.55. The predicted octanol–water partition coefficient (Wildman–Crippen LogP) is 3.54. The molecule has 0 fully saturated rings. The number of likely N-dealkylation sites (N-methyl/N-ethyl adjacent to an activating group) is 1. The fourth-order valence-corrected chi connectivity index (χ4v) is 5.82. The van der Waals surface area contributed by atoms with Crippen LogP contribution in [0.1, 0.15) is 29.9 Å². The maximum absolute atomic E-state index is 13.6. The first-order valence-corrected chi connectivity index (χ1v) is 12.0. The lowest BCUT2D eigenvalue weighted by atomic mass is 10.1. The van der Waals surface area contributed by atoms with Gasteiger partial charge in [-0.2, -0.15) is 0 Å². The Morgan fingerprint density at radius 1 is 1.27 bits per heavy atom. The van der Waals surface area contributed by atoms with Crippen molar-refractivity contribution in [1.82, 2.24) is 14.5 Å². The molecule has 158 valence electrons. The van der Waals surface area contributed by atoms with E-state index >= 15 is 0 Å². The number of fused-ring (bicyclic) bond motifs is 3. The molecule has 4 rings (SSSR count). The number of esters is 1. The van der Waals surface area contributed by atoms with Crippen LogP contribution in [0.3, 0.4) is 0 Å². The average molecular weight is 444 g/mol. The molecule has 0 radical (unpaired) electrons. The highest BCUT2D eigenvalue weighted by molar-refractivity contribution is 7.99. The molecule has 6 nitrogen and oxygen atoms in total. The van der Waals surface area contributed by atoms with E-state index in [9.17, 15) is 9.59 Å². The maximum Gasteiger partial charge on any atom is 0.316 e. The molecule has 0 unspecified atom stereocenters. The first-order valence-electron chi connectivity index (χ1n) is 10.2. The van der Waals surface area contributed by atoms with Crippen LogP contribution >= 0.6 is 23.1 Å². The number of hydrogen-bond acceptors (Lipinski definition) is 7. The van der Waals surface area contributed by atoms with Crippen molar-refractivity contribution < 1.29 is 9.53 Å². The number of hydrogen-bond donors (Lipinski definition) is 0. The lowest BCUT2D eigenvalue weighted by Gasteiger charge is -2.25.